The highest BCUT2D eigenvalue weighted by Gasteiger charge is 2.27. The minimum absolute atomic E-state index is 0. The third-order valence-electron chi connectivity index (χ3n) is 5.88. The molecule has 4 nitrogen and oxygen atoms in total. The second kappa shape index (κ2) is 10.4. The molecule has 2 aromatic rings. The first-order chi connectivity index (χ1) is 15.3. The average molecular weight is 442 g/mol. The molecule has 32 heavy (non-hydrogen) atoms. The van der Waals surface area contributed by atoms with E-state index < -0.39 is 5.67 Å². The van der Waals surface area contributed by atoms with Crippen molar-refractivity contribution in [2.75, 3.05) is 25.0 Å². The van der Waals surface area contributed by atoms with Crippen LogP contribution >= 0.6 is 0 Å². The lowest BCUT2D eigenvalue weighted by Crippen LogP contribution is -2.43. The summed E-state index contributed by atoms with van der Waals surface area (Å²) in [6.45, 7) is 15.9. The van der Waals surface area contributed by atoms with Crippen molar-refractivity contribution in [2.24, 2.45) is 5.92 Å². The second-order valence-corrected chi connectivity index (χ2v) is 9.13. The third kappa shape index (κ3) is 6.26. The summed E-state index contributed by atoms with van der Waals surface area (Å²) in [7, 11) is 0. The molecule has 3 heterocycles. The Balaban J connectivity index is 0.00000125. The first-order valence-corrected chi connectivity index (χ1v) is 11.8. The lowest BCUT2D eigenvalue weighted by molar-refractivity contribution is 0.0999. The molecule has 1 atom stereocenters. The predicted molar refractivity (Wildman–Crippen MR) is 135 cm³/mol. The lowest BCUT2D eigenvalue weighted by atomic mass is 9.93. The number of hydrogen-bond acceptors (Lipinski definition) is 4. The van der Waals surface area contributed by atoms with Crippen LogP contribution in [0, 0.1) is 12.8 Å². The van der Waals surface area contributed by atoms with Crippen LogP contribution < -0.4 is 10.6 Å². The van der Waals surface area contributed by atoms with Gasteiger partial charge in [-0.15, -0.1) is 0 Å². The van der Waals surface area contributed by atoms with Gasteiger partial charge in [-0.25, -0.2) is 4.39 Å². The molecule has 5 heteroatoms. The molecule has 0 radical (unpaired) electrons. The molecule has 0 bridgehead atoms. The summed E-state index contributed by atoms with van der Waals surface area (Å²) in [6, 6.07) is 10.3. The molecular formula is C27H40FN3O. The van der Waals surface area contributed by atoms with E-state index in [4.69, 9.17) is 4.42 Å². The zero-order chi connectivity index (χ0) is 23.3. The molecule has 2 aliphatic rings. The largest absolute Gasteiger partial charge is 0.461 e. The number of aryl methyl sites for hydroxylation is 1. The minimum Gasteiger partial charge on any atom is -0.461 e. The van der Waals surface area contributed by atoms with Crippen molar-refractivity contribution in [1.82, 2.24) is 10.2 Å². The molecule has 1 unspecified atom stereocenters. The van der Waals surface area contributed by atoms with E-state index in [-0.39, 0.29) is 7.59 Å². The Morgan fingerprint density at radius 1 is 1.25 bits per heavy atom. The second-order valence-electron chi connectivity index (χ2n) is 9.13. The SMILES string of the molecule is C=C(NC1C=Cc2ccc(-c3ccc(C)o3)cc2N1)C1CCN(CC(C)(C)F)CC1.CC.[HH]. The van der Waals surface area contributed by atoms with Gasteiger partial charge in [0.25, 0.3) is 0 Å². The molecule has 1 fully saturated rings. The van der Waals surface area contributed by atoms with Gasteiger partial charge in [0.1, 0.15) is 23.4 Å². The van der Waals surface area contributed by atoms with E-state index in [0.717, 1.165) is 60.0 Å². The Labute approximate surface area is 194 Å². The van der Waals surface area contributed by atoms with Crippen LogP contribution in [0.5, 0.6) is 0 Å². The number of piperidine rings is 1. The highest BCUT2D eigenvalue weighted by atomic mass is 19.1. The zero-order valence-electron chi connectivity index (χ0n) is 20.2. The standard InChI is InChI=1S/C25H32FN3O.C2H6.H2/c1-17-5-9-23(30-17)21-7-6-20-8-10-24(28-22(20)15-21)27-18(2)19-11-13-29(14-12-19)16-25(3,4)26;1-2;/h5-10,15,19,24,27-28H,2,11-14,16H2,1,3-4H3;1-2H3;1H. The number of rotatable bonds is 6. The maximum Gasteiger partial charge on any atom is 0.134 e. The van der Waals surface area contributed by atoms with Crippen molar-refractivity contribution in [1.29, 1.82) is 0 Å². The van der Waals surface area contributed by atoms with Crippen molar-refractivity contribution in [3.05, 3.63) is 60.0 Å². The van der Waals surface area contributed by atoms with E-state index in [1.54, 1.807) is 13.8 Å². The van der Waals surface area contributed by atoms with Gasteiger partial charge in [0.05, 0.1) is 0 Å². The normalized spacial score (nSPS) is 18.9. The van der Waals surface area contributed by atoms with Crippen LogP contribution in [0.4, 0.5) is 10.1 Å². The Kier molecular flexibility index (Phi) is 7.83. The van der Waals surface area contributed by atoms with Gasteiger partial charge in [-0.1, -0.05) is 38.6 Å². The lowest BCUT2D eigenvalue weighted by Gasteiger charge is -2.36. The summed E-state index contributed by atoms with van der Waals surface area (Å²) < 4.78 is 19.7. The highest BCUT2D eigenvalue weighted by Crippen LogP contribution is 2.31. The number of furan rings is 1. The number of alkyl halides is 1. The van der Waals surface area contributed by atoms with Crippen LogP contribution in [0.1, 0.15) is 53.3 Å². The molecule has 0 aliphatic carbocycles. The van der Waals surface area contributed by atoms with Gasteiger partial charge < -0.3 is 20.0 Å². The highest BCUT2D eigenvalue weighted by molar-refractivity contribution is 5.76. The number of fused-ring (bicyclic) bond motifs is 1. The molecular weight excluding hydrogens is 401 g/mol. The van der Waals surface area contributed by atoms with E-state index in [2.05, 4.69) is 52.5 Å². The molecule has 1 saturated heterocycles. The Hall–Kier alpha value is -2.53. The predicted octanol–water partition coefficient (Wildman–Crippen LogP) is 6.86. The van der Waals surface area contributed by atoms with Crippen LogP contribution in [0.3, 0.4) is 0 Å². The van der Waals surface area contributed by atoms with Crippen LogP contribution in [0.2, 0.25) is 0 Å². The number of benzene rings is 1. The van der Waals surface area contributed by atoms with Crippen molar-refractivity contribution in [2.45, 2.75) is 59.3 Å². The van der Waals surface area contributed by atoms with Gasteiger partial charge in [0.2, 0.25) is 0 Å². The first kappa shape index (κ1) is 24.1. The fourth-order valence-electron chi connectivity index (χ4n) is 4.36. The summed E-state index contributed by atoms with van der Waals surface area (Å²) in [4.78, 5) is 2.22. The zero-order valence-corrected chi connectivity index (χ0v) is 20.2. The third-order valence-corrected chi connectivity index (χ3v) is 5.88. The van der Waals surface area contributed by atoms with E-state index >= 15 is 0 Å². The van der Waals surface area contributed by atoms with E-state index in [1.165, 1.54) is 0 Å². The van der Waals surface area contributed by atoms with Crippen molar-refractivity contribution in [3.63, 3.8) is 0 Å². The molecule has 176 valence electrons. The topological polar surface area (TPSA) is 40.4 Å². The molecule has 4 rings (SSSR count). The Morgan fingerprint density at radius 3 is 2.59 bits per heavy atom. The number of nitrogens with one attached hydrogen (secondary N) is 2. The molecule has 0 spiro atoms. The molecule has 2 aliphatic heterocycles. The van der Waals surface area contributed by atoms with Gasteiger partial charge in [-0.2, -0.15) is 0 Å². The van der Waals surface area contributed by atoms with Gasteiger partial charge in [0, 0.05) is 30.8 Å². The van der Waals surface area contributed by atoms with Crippen LogP contribution in [-0.2, 0) is 0 Å². The quantitative estimate of drug-likeness (QED) is 0.514. The van der Waals surface area contributed by atoms with Gasteiger partial charge >= 0.3 is 0 Å². The smallest absolute Gasteiger partial charge is 0.134 e. The Morgan fingerprint density at radius 2 is 1.97 bits per heavy atom. The monoisotopic (exact) mass is 441 g/mol. The van der Waals surface area contributed by atoms with Crippen molar-refractivity contribution < 1.29 is 10.2 Å². The van der Waals surface area contributed by atoms with E-state index in [9.17, 15) is 4.39 Å². The summed E-state index contributed by atoms with van der Waals surface area (Å²) in [6.07, 6.45) is 6.29. The van der Waals surface area contributed by atoms with Crippen molar-refractivity contribution >= 4 is 11.8 Å². The number of halogens is 1. The van der Waals surface area contributed by atoms with Crippen molar-refractivity contribution in [3.8, 4) is 11.3 Å². The summed E-state index contributed by atoms with van der Waals surface area (Å²) in [5, 5.41) is 7.11. The Bertz CT molecular complexity index is 939. The average Bonchev–Trinajstić information content (AvgIpc) is 3.20. The molecule has 1 aromatic heterocycles. The fraction of sp³-hybridized carbons (Fsp3) is 0.481. The maximum absolute atomic E-state index is 13.9. The van der Waals surface area contributed by atoms with Crippen LogP contribution in [0.25, 0.3) is 17.4 Å². The molecule has 1 aromatic carbocycles. The van der Waals surface area contributed by atoms with E-state index in [0.29, 0.717) is 12.5 Å². The van der Waals surface area contributed by atoms with Gasteiger partial charge in [0.15, 0.2) is 0 Å². The van der Waals surface area contributed by atoms with Gasteiger partial charge in [-0.05, 0) is 76.5 Å². The number of anilines is 1. The summed E-state index contributed by atoms with van der Waals surface area (Å²) in [5.74, 6) is 2.20. The first-order valence-electron chi connectivity index (χ1n) is 11.8. The molecule has 2 N–H and O–H groups in total. The number of allylic oxidation sites excluding steroid dienone is 1. The fourth-order valence-corrected chi connectivity index (χ4v) is 4.36. The number of hydrogen-bond donors (Lipinski definition) is 2. The van der Waals surface area contributed by atoms with Crippen LogP contribution in [0.15, 0.2) is 53.1 Å². The van der Waals surface area contributed by atoms with Crippen LogP contribution in [-0.4, -0.2) is 36.4 Å². The number of nitrogens with zero attached hydrogens (tertiary/aromatic N) is 1. The summed E-state index contributed by atoms with van der Waals surface area (Å²) in [5.41, 5.74) is 3.21. The van der Waals surface area contributed by atoms with E-state index in [1.807, 2.05) is 32.9 Å². The molecule has 0 saturated carbocycles. The van der Waals surface area contributed by atoms with Gasteiger partial charge in [-0.3, -0.25) is 0 Å². The summed E-state index contributed by atoms with van der Waals surface area (Å²) >= 11 is 0. The number of likely N-dealkylation sites (tertiary alicyclic amines) is 1. The minimum atomic E-state index is -1.14. The molecule has 0 amide bonds. The maximum atomic E-state index is 13.9.